The molecule has 0 spiro atoms. The lowest BCUT2D eigenvalue weighted by atomic mass is 9.78. The predicted molar refractivity (Wildman–Crippen MR) is 100 cm³/mol. The second-order valence-corrected chi connectivity index (χ2v) is 7.48. The fourth-order valence-corrected chi connectivity index (χ4v) is 3.91. The Hall–Kier alpha value is -1.56. The number of halogens is 1. The van der Waals surface area contributed by atoms with Crippen molar-refractivity contribution in [1.82, 2.24) is 0 Å². The molecule has 1 aliphatic carbocycles. The molecule has 138 valence electrons. The van der Waals surface area contributed by atoms with E-state index in [1.165, 1.54) is 76.3 Å². The van der Waals surface area contributed by atoms with Crippen molar-refractivity contribution in [3.8, 4) is 11.8 Å². The van der Waals surface area contributed by atoms with Crippen LogP contribution in [0.15, 0.2) is 18.2 Å². The topological polar surface area (TPSA) is 33.0 Å². The summed E-state index contributed by atoms with van der Waals surface area (Å²) in [7, 11) is 0. The van der Waals surface area contributed by atoms with Gasteiger partial charge in [-0.2, -0.15) is 5.26 Å². The zero-order valence-corrected chi connectivity index (χ0v) is 15.6. The van der Waals surface area contributed by atoms with Crippen LogP contribution in [-0.2, 0) is 0 Å². The Labute approximate surface area is 152 Å². The van der Waals surface area contributed by atoms with Crippen LogP contribution in [0, 0.1) is 29.0 Å². The van der Waals surface area contributed by atoms with Crippen molar-refractivity contribution in [2.24, 2.45) is 11.8 Å². The van der Waals surface area contributed by atoms with Crippen molar-refractivity contribution in [3.63, 3.8) is 0 Å². The van der Waals surface area contributed by atoms with E-state index in [4.69, 9.17) is 10.00 Å². The molecule has 2 nitrogen and oxygen atoms in total. The van der Waals surface area contributed by atoms with Crippen LogP contribution in [-0.4, -0.2) is 6.61 Å². The van der Waals surface area contributed by atoms with E-state index in [-0.39, 0.29) is 5.56 Å². The van der Waals surface area contributed by atoms with E-state index in [0.29, 0.717) is 12.4 Å². The molecule has 0 atom stereocenters. The van der Waals surface area contributed by atoms with Crippen LogP contribution >= 0.6 is 0 Å². The summed E-state index contributed by atoms with van der Waals surface area (Å²) in [5.41, 5.74) is 0.0683. The van der Waals surface area contributed by atoms with Crippen molar-refractivity contribution in [3.05, 3.63) is 29.6 Å². The summed E-state index contributed by atoms with van der Waals surface area (Å²) < 4.78 is 19.1. The Kier molecular flexibility index (Phi) is 8.80. The zero-order valence-electron chi connectivity index (χ0n) is 15.6. The normalized spacial score (nSPS) is 20.2. The fourth-order valence-electron chi connectivity index (χ4n) is 3.91. The number of unbranched alkanes of at least 4 members (excludes halogenated alkanes) is 3. The van der Waals surface area contributed by atoms with Gasteiger partial charge in [0.25, 0.3) is 0 Å². The van der Waals surface area contributed by atoms with Gasteiger partial charge in [0.15, 0.2) is 0 Å². The van der Waals surface area contributed by atoms with E-state index < -0.39 is 5.82 Å². The van der Waals surface area contributed by atoms with E-state index in [0.717, 1.165) is 18.3 Å². The van der Waals surface area contributed by atoms with E-state index in [1.807, 2.05) is 6.07 Å². The molecule has 0 amide bonds. The van der Waals surface area contributed by atoms with Crippen LogP contribution in [0.2, 0.25) is 0 Å². The SMILES string of the molecule is CCCCCCC1CCC(CCCOc2ccc(C#N)c(F)c2)CC1. The Morgan fingerprint density at radius 1 is 1.04 bits per heavy atom. The highest BCUT2D eigenvalue weighted by Crippen LogP contribution is 2.34. The number of rotatable bonds is 10. The molecule has 3 heteroatoms. The third kappa shape index (κ3) is 7.06. The summed E-state index contributed by atoms with van der Waals surface area (Å²) in [6.07, 6.45) is 14.7. The van der Waals surface area contributed by atoms with Crippen molar-refractivity contribution in [2.45, 2.75) is 77.6 Å². The van der Waals surface area contributed by atoms with Crippen LogP contribution in [0.5, 0.6) is 5.75 Å². The zero-order chi connectivity index (χ0) is 17.9. The maximum atomic E-state index is 13.5. The molecule has 25 heavy (non-hydrogen) atoms. The first-order chi connectivity index (χ1) is 12.2. The van der Waals surface area contributed by atoms with Gasteiger partial charge in [-0.3, -0.25) is 0 Å². The fraction of sp³-hybridized carbons (Fsp3) is 0.682. The minimum atomic E-state index is -0.503. The van der Waals surface area contributed by atoms with Crippen LogP contribution in [0.4, 0.5) is 4.39 Å². The number of nitrogens with zero attached hydrogens (tertiary/aromatic N) is 1. The maximum Gasteiger partial charge on any atom is 0.144 e. The minimum Gasteiger partial charge on any atom is -0.493 e. The monoisotopic (exact) mass is 345 g/mol. The molecule has 0 heterocycles. The third-order valence-corrected chi connectivity index (χ3v) is 5.52. The third-order valence-electron chi connectivity index (χ3n) is 5.52. The molecule has 0 saturated heterocycles. The second-order valence-electron chi connectivity index (χ2n) is 7.48. The highest BCUT2D eigenvalue weighted by Gasteiger charge is 2.20. The second kappa shape index (κ2) is 11.1. The molecule has 0 unspecified atom stereocenters. The summed E-state index contributed by atoms with van der Waals surface area (Å²) >= 11 is 0. The molecule has 1 aliphatic rings. The van der Waals surface area contributed by atoms with E-state index in [2.05, 4.69) is 6.92 Å². The van der Waals surface area contributed by atoms with Gasteiger partial charge in [-0.1, -0.05) is 64.7 Å². The maximum absolute atomic E-state index is 13.5. The van der Waals surface area contributed by atoms with Gasteiger partial charge in [0.2, 0.25) is 0 Å². The van der Waals surface area contributed by atoms with Gasteiger partial charge < -0.3 is 4.74 Å². The Morgan fingerprint density at radius 3 is 2.32 bits per heavy atom. The number of nitriles is 1. The first-order valence-electron chi connectivity index (χ1n) is 10.1. The van der Waals surface area contributed by atoms with Crippen molar-refractivity contribution < 1.29 is 9.13 Å². The number of ether oxygens (including phenoxy) is 1. The molecule has 1 fully saturated rings. The molecular formula is C22H32FNO. The molecule has 0 aliphatic heterocycles. The van der Waals surface area contributed by atoms with Crippen molar-refractivity contribution >= 4 is 0 Å². The quantitative estimate of drug-likeness (QED) is 0.446. The standard InChI is InChI=1S/C22H32FNO/c1-2-3-4-5-7-18-9-11-19(12-10-18)8-6-15-25-21-14-13-20(17-24)22(23)16-21/h13-14,16,18-19H,2-12,15H2,1H3. The Morgan fingerprint density at radius 2 is 1.72 bits per heavy atom. The van der Waals surface area contributed by atoms with E-state index in [1.54, 1.807) is 6.07 Å². The summed E-state index contributed by atoms with van der Waals surface area (Å²) in [4.78, 5) is 0. The van der Waals surface area contributed by atoms with Gasteiger partial charge in [-0.15, -0.1) is 0 Å². The van der Waals surface area contributed by atoms with Gasteiger partial charge in [0, 0.05) is 6.07 Å². The smallest absolute Gasteiger partial charge is 0.144 e. The Bertz CT molecular complexity index is 543. The van der Waals surface area contributed by atoms with Crippen molar-refractivity contribution in [2.75, 3.05) is 6.61 Å². The van der Waals surface area contributed by atoms with E-state index in [9.17, 15) is 4.39 Å². The van der Waals surface area contributed by atoms with Gasteiger partial charge in [0.1, 0.15) is 17.6 Å². The molecule has 0 bridgehead atoms. The van der Waals surface area contributed by atoms with Gasteiger partial charge in [0.05, 0.1) is 12.2 Å². The lowest BCUT2D eigenvalue weighted by molar-refractivity contribution is 0.228. The highest BCUT2D eigenvalue weighted by molar-refractivity contribution is 5.36. The number of hydrogen-bond donors (Lipinski definition) is 0. The average molecular weight is 346 g/mol. The molecule has 0 radical (unpaired) electrons. The summed E-state index contributed by atoms with van der Waals surface area (Å²) in [6.45, 7) is 2.90. The number of benzene rings is 1. The van der Waals surface area contributed by atoms with Gasteiger partial charge >= 0.3 is 0 Å². The summed E-state index contributed by atoms with van der Waals surface area (Å²) in [5, 5.41) is 8.73. The van der Waals surface area contributed by atoms with Gasteiger partial charge in [-0.25, -0.2) is 4.39 Å². The van der Waals surface area contributed by atoms with Crippen LogP contribution in [0.1, 0.15) is 83.1 Å². The summed E-state index contributed by atoms with van der Waals surface area (Å²) in [5.74, 6) is 1.82. The Balaban J connectivity index is 1.56. The highest BCUT2D eigenvalue weighted by atomic mass is 19.1. The van der Waals surface area contributed by atoms with Crippen LogP contribution in [0.25, 0.3) is 0 Å². The molecule has 1 saturated carbocycles. The molecule has 0 N–H and O–H groups in total. The predicted octanol–water partition coefficient (Wildman–Crippen LogP) is 6.63. The van der Waals surface area contributed by atoms with Gasteiger partial charge in [-0.05, 0) is 36.8 Å². The van der Waals surface area contributed by atoms with Crippen LogP contribution < -0.4 is 4.74 Å². The average Bonchev–Trinajstić information content (AvgIpc) is 2.64. The lowest BCUT2D eigenvalue weighted by Gasteiger charge is -2.28. The van der Waals surface area contributed by atoms with E-state index >= 15 is 0 Å². The molecule has 2 rings (SSSR count). The molecule has 1 aromatic carbocycles. The largest absolute Gasteiger partial charge is 0.493 e. The first-order valence-corrected chi connectivity index (χ1v) is 10.1. The summed E-state index contributed by atoms with van der Waals surface area (Å²) in [6, 6.07) is 6.28. The first kappa shape index (κ1) is 19.8. The molecule has 1 aromatic rings. The molecular weight excluding hydrogens is 313 g/mol. The number of hydrogen-bond acceptors (Lipinski definition) is 2. The van der Waals surface area contributed by atoms with Crippen molar-refractivity contribution in [1.29, 1.82) is 5.26 Å². The van der Waals surface area contributed by atoms with Crippen LogP contribution in [0.3, 0.4) is 0 Å². The minimum absolute atomic E-state index is 0.0683. The lowest BCUT2D eigenvalue weighted by Crippen LogP contribution is -2.15. The molecule has 0 aromatic heterocycles.